The molecule has 1 atom stereocenters. The van der Waals surface area contributed by atoms with E-state index in [4.69, 9.17) is 0 Å². The van der Waals surface area contributed by atoms with Crippen LogP contribution in [0.5, 0.6) is 0 Å². The van der Waals surface area contributed by atoms with Crippen molar-refractivity contribution in [2.45, 2.75) is 19.5 Å². The van der Waals surface area contributed by atoms with Gasteiger partial charge in [0.15, 0.2) is 0 Å². The average molecular weight is 251 g/mol. The maximum Gasteiger partial charge on any atom is 0.0537 e. The van der Waals surface area contributed by atoms with Crippen molar-refractivity contribution in [2.24, 2.45) is 7.05 Å². The first-order chi connectivity index (χ1) is 8.58. The molecule has 0 aromatic carbocycles. The van der Waals surface area contributed by atoms with E-state index in [1.807, 2.05) is 17.9 Å². The van der Waals surface area contributed by atoms with Crippen molar-refractivity contribution in [1.29, 1.82) is 0 Å². The summed E-state index contributed by atoms with van der Waals surface area (Å²) in [4.78, 5) is 4.85. The standard InChI is InChI=1S/C13H25N5/c1-11-12(8-15-18(11)4)7-14-9-13-10-16(2)5-6-17(13)3/h8,13-14H,5-7,9-10H2,1-4H3. The Morgan fingerprint density at radius 3 is 2.78 bits per heavy atom. The quantitative estimate of drug-likeness (QED) is 0.821. The van der Waals surface area contributed by atoms with E-state index in [2.05, 4.69) is 41.2 Å². The number of rotatable bonds is 4. The molecule has 18 heavy (non-hydrogen) atoms. The summed E-state index contributed by atoms with van der Waals surface area (Å²) in [5.74, 6) is 0. The molecule has 1 aliphatic heterocycles. The number of nitrogens with one attached hydrogen (secondary N) is 1. The van der Waals surface area contributed by atoms with Crippen LogP contribution in [-0.2, 0) is 13.6 Å². The van der Waals surface area contributed by atoms with Gasteiger partial charge in [-0.3, -0.25) is 9.58 Å². The van der Waals surface area contributed by atoms with E-state index in [-0.39, 0.29) is 0 Å². The largest absolute Gasteiger partial charge is 0.311 e. The van der Waals surface area contributed by atoms with Gasteiger partial charge in [-0.1, -0.05) is 0 Å². The first kappa shape index (κ1) is 13.5. The molecule has 2 rings (SSSR count). The van der Waals surface area contributed by atoms with E-state index in [1.165, 1.54) is 17.8 Å². The highest BCUT2D eigenvalue weighted by molar-refractivity contribution is 5.15. The molecule has 1 aromatic rings. The predicted octanol–water partition coefficient (Wildman–Crippen LogP) is 0.0639. The third kappa shape index (κ3) is 3.10. The monoisotopic (exact) mass is 251 g/mol. The molecule has 5 nitrogen and oxygen atoms in total. The Balaban J connectivity index is 1.79. The first-order valence-electron chi connectivity index (χ1n) is 6.65. The zero-order chi connectivity index (χ0) is 13.1. The van der Waals surface area contributed by atoms with Gasteiger partial charge < -0.3 is 10.2 Å². The maximum absolute atomic E-state index is 4.27. The SMILES string of the molecule is Cc1c(CNCC2CN(C)CCN2C)cnn1C. The van der Waals surface area contributed by atoms with Crippen molar-refractivity contribution >= 4 is 0 Å². The first-order valence-corrected chi connectivity index (χ1v) is 6.65. The lowest BCUT2D eigenvalue weighted by Crippen LogP contribution is -2.53. The molecule has 1 unspecified atom stereocenters. The van der Waals surface area contributed by atoms with E-state index in [0.29, 0.717) is 6.04 Å². The number of aromatic nitrogens is 2. The summed E-state index contributed by atoms with van der Waals surface area (Å²) in [5.41, 5.74) is 2.54. The van der Waals surface area contributed by atoms with Crippen LogP contribution in [0, 0.1) is 6.92 Å². The van der Waals surface area contributed by atoms with Gasteiger partial charge in [0.2, 0.25) is 0 Å². The Bertz CT molecular complexity index is 387. The summed E-state index contributed by atoms with van der Waals surface area (Å²) in [6, 6.07) is 0.612. The van der Waals surface area contributed by atoms with Gasteiger partial charge in [-0.15, -0.1) is 0 Å². The van der Waals surface area contributed by atoms with Gasteiger partial charge >= 0.3 is 0 Å². The van der Waals surface area contributed by atoms with Gasteiger partial charge in [-0.2, -0.15) is 5.10 Å². The van der Waals surface area contributed by atoms with Gasteiger partial charge in [0.1, 0.15) is 0 Å². The maximum atomic E-state index is 4.27. The normalized spacial score (nSPS) is 22.6. The van der Waals surface area contributed by atoms with Crippen LogP contribution < -0.4 is 5.32 Å². The topological polar surface area (TPSA) is 36.3 Å². The Kier molecular flexibility index (Phi) is 4.37. The smallest absolute Gasteiger partial charge is 0.0537 e. The Hall–Kier alpha value is -0.910. The summed E-state index contributed by atoms with van der Waals surface area (Å²) in [6.07, 6.45) is 1.96. The van der Waals surface area contributed by atoms with Gasteiger partial charge in [-0.05, 0) is 21.0 Å². The molecule has 2 heterocycles. The minimum atomic E-state index is 0.612. The molecule has 0 aliphatic carbocycles. The van der Waals surface area contributed by atoms with E-state index in [9.17, 15) is 0 Å². The van der Waals surface area contributed by atoms with Crippen molar-refractivity contribution in [3.63, 3.8) is 0 Å². The lowest BCUT2D eigenvalue weighted by molar-refractivity contribution is 0.113. The van der Waals surface area contributed by atoms with Crippen LogP contribution in [0.1, 0.15) is 11.3 Å². The van der Waals surface area contributed by atoms with Crippen LogP contribution in [0.4, 0.5) is 0 Å². The summed E-state index contributed by atoms with van der Waals surface area (Å²) in [5, 5.41) is 7.82. The second-order valence-electron chi connectivity index (χ2n) is 5.41. The Morgan fingerprint density at radius 1 is 1.33 bits per heavy atom. The molecule has 1 fully saturated rings. The van der Waals surface area contributed by atoms with E-state index in [1.54, 1.807) is 0 Å². The molecule has 0 amide bonds. The van der Waals surface area contributed by atoms with Crippen molar-refractivity contribution in [1.82, 2.24) is 24.9 Å². The van der Waals surface area contributed by atoms with Crippen LogP contribution in [0.15, 0.2) is 6.20 Å². The lowest BCUT2D eigenvalue weighted by atomic mass is 10.2. The highest BCUT2D eigenvalue weighted by atomic mass is 15.3. The summed E-state index contributed by atoms with van der Waals surface area (Å²) >= 11 is 0. The van der Waals surface area contributed by atoms with Crippen LogP contribution in [0.25, 0.3) is 0 Å². The fourth-order valence-electron chi connectivity index (χ4n) is 2.41. The highest BCUT2D eigenvalue weighted by Crippen LogP contribution is 2.07. The molecule has 0 bridgehead atoms. The molecule has 1 saturated heterocycles. The van der Waals surface area contributed by atoms with Crippen molar-refractivity contribution < 1.29 is 0 Å². The lowest BCUT2D eigenvalue weighted by Gasteiger charge is -2.37. The number of nitrogens with zero attached hydrogens (tertiary/aromatic N) is 4. The highest BCUT2D eigenvalue weighted by Gasteiger charge is 2.21. The molecule has 0 spiro atoms. The van der Waals surface area contributed by atoms with E-state index < -0.39 is 0 Å². The zero-order valence-corrected chi connectivity index (χ0v) is 12.0. The third-order valence-electron chi connectivity index (χ3n) is 4.01. The summed E-state index contributed by atoms with van der Waals surface area (Å²) < 4.78 is 1.93. The molecular weight excluding hydrogens is 226 g/mol. The number of hydrogen-bond donors (Lipinski definition) is 1. The third-order valence-corrected chi connectivity index (χ3v) is 4.01. The Morgan fingerprint density at radius 2 is 2.11 bits per heavy atom. The molecule has 0 saturated carbocycles. The van der Waals surface area contributed by atoms with Gasteiger partial charge in [0.05, 0.1) is 6.20 Å². The Labute approximate surface area is 110 Å². The van der Waals surface area contributed by atoms with Crippen LogP contribution >= 0.6 is 0 Å². The molecule has 1 N–H and O–H groups in total. The average Bonchev–Trinajstić information content (AvgIpc) is 2.65. The molecule has 1 aromatic heterocycles. The molecule has 5 heteroatoms. The predicted molar refractivity (Wildman–Crippen MR) is 73.6 cm³/mol. The van der Waals surface area contributed by atoms with Crippen molar-refractivity contribution in [3.8, 4) is 0 Å². The van der Waals surface area contributed by atoms with Crippen LogP contribution in [0.3, 0.4) is 0 Å². The summed E-state index contributed by atoms with van der Waals surface area (Å²) in [6.45, 7) is 7.55. The van der Waals surface area contributed by atoms with Crippen molar-refractivity contribution in [3.05, 3.63) is 17.5 Å². The number of likely N-dealkylation sites (N-methyl/N-ethyl adjacent to an activating group) is 2. The van der Waals surface area contributed by atoms with Gasteiger partial charge in [0.25, 0.3) is 0 Å². The molecule has 0 radical (unpaired) electrons. The van der Waals surface area contributed by atoms with E-state index >= 15 is 0 Å². The van der Waals surface area contributed by atoms with Gasteiger partial charge in [-0.25, -0.2) is 0 Å². The second kappa shape index (κ2) is 5.82. The van der Waals surface area contributed by atoms with E-state index in [0.717, 1.165) is 26.2 Å². The molecule has 1 aliphatic rings. The molecule has 102 valence electrons. The minimum absolute atomic E-state index is 0.612. The fraction of sp³-hybridized carbons (Fsp3) is 0.769. The number of hydrogen-bond acceptors (Lipinski definition) is 4. The van der Waals surface area contributed by atoms with Crippen molar-refractivity contribution in [2.75, 3.05) is 40.3 Å². The molecular formula is C13H25N5. The van der Waals surface area contributed by atoms with Gasteiger partial charge in [0, 0.05) is 57.1 Å². The minimum Gasteiger partial charge on any atom is -0.311 e. The number of piperazine rings is 1. The van der Waals surface area contributed by atoms with Crippen LogP contribution in [-0.4, -0.2) is 65.9 Å². The number of aryl methyl sites for hydroxylation is 1. The fourth-order valence-corrected chi connectivity index (χ4v) is 2.41. The zero-order valence-electron chi connectivity index (χ0n) is 12.0. The summed E-state index contributed by atoms with van der Waals surface area (Å²) in [7, 11) is 6.41. The second-order valence-corrected chi connectivity index (χ2v) is 5.41. The van der Waals surface area contributed by atoms with Crippen LogP contribution in [0.2, 0.25) is 0 Å².